The van der Waals surface area contributed by atoms with Crippen molar-refractivity contribution in [2.45, 2.75) is 19.1 Å². The molecule has 88 valence electrons. The van der Waals surface area contributed by atoms with Gasteiger partial charge < -0.3 is 10.2 Å². The molecule has 0 heterocycles. The number of alkyl halides is 1. The summed E-state index contributed by atoms with van der Waals surface area (Å²) in [5.74, 6) is -0.136. The van der Waals surface area contributed by atoms with Crippen molar-refractivity contribution in [3.63, 3.8) is 0 Å². The van der Waals surface area contributed by atoms with Crippen molar-refractivity contribution in [3.8, 4) is 0 Å². The van der Waals surface area contributed by atoms with Gasteiger partial charge in [0.15, 0.2) is 0 Å². The smallest absolute Gasteiger partial charge is 0.272 e. The highest BCUT2D eigenvalue weighted by Crippen LogP contribution is 2.25. The third kappa shape index (κ3) is 2.69. The summed E-state index contributed by atoms with van der Waals surface area (Å²) in [5.41, 5.74) is 0.699. The Labute approximate surface area is 97.4 Å². The Kier molecular flexibility index (Phi) is 4.23. The quantitative estimate of drug-likeness (QED) is 0.479. The van der Waals surface area contributed by atoms with Crippen molar-refractivity contribution in [2.75, 3.05) is 5.88 Å². The van der Waals surface area contributed by atoms with Crippen LogP contribution in [-0.2, 0) is 0 Å². The first-order valence-electron chi connectivity index (χ1n) is 4.64. The van der Waals surface area contributed by atoms with Crippen molar-refractivity contribution in [2.24, 2.45) is 0 Å². The number of nitrogens with zero attached hydrogens (tertiary/aromatic N) is 1. The van der Waals surface area contributed by atoms with E-state index in [1.165, 1.54) is 18.2 Å². The molecular weight excluding hydrogens is 234 g/mol. The van der Waals surface area contributed by atoms with Gasteiger partial charge >= 0.3 is 0 Å². The summed E-state index contributed by atoms with van der Waals surface area (Å²) < 4.78 is 0. The van der Waals surface area contributed by atoms with E-state index in [1.807, 2.05) is 0 Å². The first kappa shape index (κ1) is 12.9. The molecule has 5 nitrogen and oxygen atoms in total. The summed E-state index contributed by atoms with van der Waals surface area (Å²) in [5, 5.41) is 29.6. The van der Waals surface area contributed by atoms with Crippen molar-refractivity contribution < 1.29 is 15.1 Å². The highest BCUT2D eigenvalue weighted by Gasteiger charge is 2.20. The van der Waals surface area contributed by atoms with Crippen LogP contribution in [0.3, 0.4) is 0 Å². The lowest BCUT2D eigenvalue weighted by atomic mass is 10.0. The van der Waals surface area contributed by atoms with Gasteiger partial charge in [0.25, 0.3) is 5.69 Å². The SMILES string of the molecule is Cc1ccc(C(O)C(O)CCl)cc1[N+](=O)[O-]. The molecule has 1 rings (SSSR count). The molecule has 1 aromatic carbocycles. The van der Waals surface area contributed by atoms with Crippen LogP contribution in [-0.4, -0.2) is 27.1 Å². The summed E-state index contributed by atoms with van der Waals surface area (Å²) in [4.78, 5) is 10.1. The van der Waals surface area contributed by atoms with Gasteiger partial charge in [-0.2, -0.15) is 0 Å². The van der Waals surface area contributed by atoms with Gasteiger partial charge in [0, 0.05) is 11.6 Å². The predicted octanol–water partition coefficient (Wildman–Crippen LogP) is 1.54. The second kappa shape index (κ2) is 5.25. The largest absolute Gasteiger partial charge is 0.389 e. The lowest BCUT2D eigenvalue weighted by Crippen LogP contribution is -2.19. The van der Waals surface area contributed by atoms with Crippen molar-refractivity contribution in [3.05, 3.63) is 39.4 Å². The molecule has 0 aliphatic carbocycles. The maximum absolute atomic E-state index is 10.7. The van der Waals surface area contributed by atoms with Gasteiger partial charge in [0.2, 0.25) is 0 Å². The average molecular weight is 246 g/mol. The van der Waals surface area contributed by atoms with E-state index in [0.29, 0.717) is 5.56 Å². The van der Waals surface area contributed by atoms with Gasteiger partial charge in [0.1, 0.15) is 6.10 Å². The Hall–Kier alpha value is -1.17. The molecular formula is C10H12ClNO4. The summed E-state index contributed by atoms with van der Waals surface area (Å²) >= 11 is 5.39. The average Bonchev–Trinajstić information content (AvgIpc) is 2.27. The van der Waals surface area contributed by atoms with Gasteiger partial charge in [-0.25, -0.2) is 0 Å². The maximum atomic E-state index is 10.7. The Morgan fingerprint density at radius 3 is 2.62 bits per heavy atom. The molecule has 0 fully saturated rings. The van der Waals surface area contributed by atoms with Crippen LogP contribution in [0.1, 0.15) is 17.2 Å². The number of nitro benzene ring substituents is 1. The zero-order valence-corrected chi connectivity index (χ0v) is 9.39. The van der Waals surface area contributed by atoms with E-state index in [-0.39, 0.29) is 17.1 Å². The minimum absolute atomic E-state index is 0.0849. The number of aryl methyl sites for hydroxylation is 1. The van der Waals surface area contributed by atoms with Crippen LogP contribution >= 0.6 is 11.6 Å². The van der Waals surface area contributed by atoms with E-state index in [2.05, 4.69) is 0 Å². The standard InChI is InChI=1S/C10H12ClNO4/c1-6-2-3-7(4-8(6)12(15)16)10(14)9(13)5-11/h2-4,9-10,13-14H,5H2,1H3. The molecule has 1 aromatic rings. The molecule has 2 atom stereocenters. The van der Waals surface area contributed by atoms with Crippen LogP contribution in [0.15, 0.2) is 18.2 Å². The van der Waals surface area contributed by atoms with Crippen molar-refractivity contribution in [1.82, 2.24) is 0 Å². The van der Waals surface area contributed by atoms with Gasteiger partial charge in [-0.05, 0) is 12.5 Å². The van der Waals surface area contributed by atoms with Crippen LogP contribution in [0.2, 0.25) is 0 Å². The molecule has 0 aliphatic rings. The molecule has 0 saturated carbocycles. The van der Waals surface area contributed by atoms with Crippen LogP contribution in [0.25, 0.3) is 0 Å². The normalized spacial score (nSPS) is 14.5. The van der Waals surface area contributed by atoms with Crippen molar-refractivity contribution in [1.29, 1.82) is 0 Å². The highest BCUT2D eigenvalue weighted by atomic mass is 35.5. The Morgan fingerprint density at radius 1 is 1.50 bits per heavy atom. The third-order valence-electron chi connectivity index (χ3n) is 2.29. The van der Waals surface area contributed by atoms with Gasteiger partial charge in [-0.1, -0.05) is 12.1 Å². The topological polar surface area (TPSA) is 83.6 Å². The number of hydrogen-bond acceptors (Lipinski definition) is 4. The summed E-state index contributed by atoms with van der Waals surface area (Å²) in [6.45, 7) is 1.60. The Balaban J connectivity index is 3.07. The fourth-order valence-electron chi connectivity index (χ4n) is 1.31. The molecule has 16 heavy (non-hydrogen) atoms. The zero-order chi connectivity index (χ0) is 12.3. The molecule has 2 N–H and O–H groups in total. The van der Waals surface area contributed by atoms with E-state index in [1.54, 1.807) is 6.92 Å². The van der Waals surface area contributed by atoms with E-state index in [4.69, 9.17) is 11.6 Å². The number of nitro groups is 1. The summed E-state index contributed by atoms with van der Waals surface area (Å²) in [6.07, 6.45) is -2.35. The highest BCUT2D eigenvalue weighted by molar-refractivity contribution is 6.18. The summed E-state index contributed by atoms with van der Waals surface area (Å²) in [7, 11) is 0. The third-order valence-corrected chi connectivity index (χ3v) is 2.61. The molecule has 0 aliphatic heterocycles. The monoisotopic (exact) mass is 245 g/mol. The number of hydrogen-bond donors (Lipinski definition) is 2. The number of aliphatic hydroxyl groups excluding tert-OH is 2. The molecule has 2 unspecified atom stereocenters. The lowest BCUT2D eigenvalue weighted by molar-refractivity contribution is -0.385. The van der Waals surface area contributed by atoms with Crippen molar-refractivity contribution >= 4 is 17.3 Å². The van der Waals surface area contributed by atoms with Crippen LogP contribution in [0, 0.1) is 17.0 Å². The fraction of sp³-hybridized carbons (Fsp3) is 0.400. The molecule has 0 amide bonds. The molecule has 0 spiro atoms. The Morgan fingerprint density at radius 2 is 2.12 bits per heavy atom. The second-order valence-corrected chi connectivity index (χ2v) is 3.78. The van der Waals surface area contributed by atoms with Gasteiger partial charge in [0.05, 0.1) is 16.9 Å². The van der Waals surface area contributed by atoms with E-state index in [9.17, 15) is 20.3 Å². The van der Waals surface area contributed by atoms with Crippen LogP contribution in [0.5, 0.6) is 0 Å². The van der Waals surface area contributed by atoms with E-state index in [0.717, 1.165) is 0 Å². The van der Waals surface area contributed by atoms with E-state index >= 15 is 0 Å². The Bertz CT molecular complexity index is 396. The maximum Gasteiger partial charge on any atom is 0.272 e. The first-order valence-corrected chi connectivity index (χ1v) is 5.18. The number of rotatable bonds is 4. The minimum atomic E-state index is -1.21. The molecule has 6 heteroatoms. The molecule has 0 bridgehead atoms. The van der Waals surface area contributed by atoms with Crippen LogP contribution < -0.4 is 0 Å². The predicted molar refractivity (Wildman–Crippen MR) is 59.5 cm³/mol. The van der Waals surface area contributed by atoms with Crippen LogP contribution in [0.4, 0.5) is 5.69 Å². The first-order chi connectivity index (χ1) is 7.47. The molecule has 0 aromatic heterocycles. The summed E-state index contributed by atoms with van der Waals surface area (Å²) in [6, 6.07) is 4.30. The zero-order valence-electron chi connectivity index (χ0n) is 8.63. The molecule has 0 radical (unpaired) electrons. The van der Waals surface area contributed by atoms with E-state index < -0.39 is 17.1 Å². The fourth-order valence-corrected chi connectivity index (χ4v) is 1.48. The minimum Gasteiger partial charge on any atom is -0.389 e. The number of aliphatic hydroxyl groups is 2. The molecule has 0 saturated heterocycles. The number of benzene rings is 1. The number of halogens is 1. The van der Waals surface area contributed by atoms with Gasteiger partial charge in [-0.15, -0.1) is 11.6 Å². The second-order valence-electron chi connectivity index (χ2n) is 3.47. The lowest BCUT2D eigenvalue weighted by Gasteiger charge is -2.15. The van der Waals surface area contributed by atoms with Gasteiger partial charge in [-0.3, -0.25) is 10.1 Å².